The van der Waals surface area contributed by atoms with E-state index in [1.165, 1.54) is 11.8 Å². The molecule has 3 rings (SSSR count). The number of Topliss-reactive ketones (excluding diaryl/α,β-unsaturated/α-hetero) is 1. The number of fused-ring (bicyclic) bond motifs is 1. The second kappa shape index (κ2) is 7.14. The Morgan fingerprint density at radius 3 is 2.65 bits per heavy atom. The van der Waals surface area contributed by atoms with Crippen molar-refractivity contribution >= 4 is 17.4 Å². The summed E-state index contributed by atoms with van der Waals surface area (Å²) < 4.78 is 5.66. The van der Waals surface area contributed by atoms with E-state index in [0.717, 1.165) is 5.56 Å². The number of carbonyl (C=O) groups excluding carboxylic acids is 2. The van der Waals surface area contributed by atoms with Crippen molar-refractivity contribution in [3.05, 3.63) is 72.3 Å². The summed E-state index contributed by atoms with van der Waals surface area (Å²) in [6, 6.07) is 14.4. The largest absolute Gasteiger partial charge is 0.489 e. The molecule has 5 heteroatoms. The normalized spacial score (nSPS) is 18.5. The van der Waals surface area contributed by atoms with Crippen LogP contribution in [0.15, 0.2) is 61.2 Å². The average molecular weight is 351 g/mol. The molecule has 1 N–H and O–H groups in total. The summed E-state index contributed by atoms with van der Waals surface area (Å²) >= 11 is 0. The monoisotopic (exact) mass is 351 g/mol. The number of para-hydroxylation sites is 2. The van der Waals surface area contributed by atoms with Crippen molar-refractivity contribution in [2.45, 2.75) is 25.5 Å². The SMILES string of the molecule is C=CCOc1ccccc1CN1C(=O)[C@@](O)(CC(C)=O)c2ccccc21. The van der Waals surface area contributed by atoms with Gasteiger partial charge < -0.3 is 14.7 Å². The maximum Gasteiger partial charge on any atom is 0.264 e. The number of ether oxygens (including phenoxy) is 1. The molecule has 0 fully saturated rings. The van der Waals surface area contributed by atoms with Crippen molar-refractivity contribution in [3.8, 4) is 5.75 Å². The van der Waals surface area contributed by atoms with E-state index in [2.05, 4.69) is 6.58 Å². The van der Waals surface area contributed by atoms with Gasteiger partial charge in [-0.1, -0.05) is 49.1 Å². The molecule has 2 aromatic rings. The van der Waals surface area contributed by atoms with Gasteiger partial charge in [0, 0.05) is 17.5 Å². The molecule has 1 heterocycles. The van der Waals surface area contributed by atoms with Gasteiger partial charge in [0.2, 0.25) is 0 Å². The van der Waals surface area contributed by atoms with Crippen LogP contribution in [0.3, 0.4) is 0 Å². The van der Waals surface area contributed by atoms with Crippen LogP contribution in [0.1, 0.15) is 24.5 Å². The highest BCUT2D eigenvalue weighted by molar-refractivity contribution is 6.08. The minimum Gasteiger partial charge on any atom is -0.489 e. The van der Waals surface area contributed by atoms with Gasteiger partial charge in [-0.15, -0.1) is 0 Å². The van der Waals surface area contributed by atoms with E-state index < -0.39 is 11.5 Å². The lowest BCUT2D eigenvalue weighted by Gasteiger charge is -2.23. The van der Waals surface area contributed by atoms with Gasteiger partial charge in [-0.2, -0.15) is 0 Å². The van der Waals surface area contributed by atoms with Crippen LogP contribution in [0.5, 0.6) is 5.75 Å². The summed E-state index contributed by atoms with van der Waals surface area (Å²) in [5, 5.41) is 11.0. The van der Waals surface area contributed by atoms with Crippen molar-refractivity contribution in [1.82, 2.24) is 0 Å². The Morgan fingerprint density at radius 1 is 1.23 bits per heavy atom. The summed E-state index contributed by atoms with van der Waals surface area (Å²) in [6.45, 7) is 5.61. The minimum absolute atomic E-state index is 0.239. The molecule has 134 valence electrons. The molecule has 0 aromatic heterocycles. The maximum absolute atomic E-state index is 13.0. The van der Waals surface area contributed by atoms with Crippen LogP contribution < -0.4 is 9.64 Å². The van der Waals surface area contributed by atoms with Gasteiger partial charge in [0.15, 0.2) is 5.60 Å². The molecular formula is C21H21NO4. The molecular weight excluding hydrogens is 330 g/mol. The third kappa shape index (κ3) is 3.13. The van der Waals surface area contributed by atoms with Crippen molar-refractivity contribution < 1.29 is 19.4 Å². The second-order valence-corrected chi connectivity index (χ2v) is 6.35. The number of amides is 1. The fourth-order valence-corrected chi connectivity index (χ4v) is 3.29. The van der Waals surface area contributed by atoms with Crippen molar-refractivity contribution in [2.75, 3.05) is 11.5 Å². The molecule has 1 amide bonds. The Kier molecular flexibility index (Phi) is 4.91. The number of hydrogen-bond acceptors (Lipinski definition) is 4. The van der Waals surface area contributed by atoms with Gasteiger partial charge in [-0.25, -0.2) is 0 Å². The smallest absolute Gasteiger partial charge is 0.264 e. The van der Waals surface area contributed by atoms with Gasteiger partial charge in [0.05, 0.1) is 12.2 Å². The number of carbonyl (C=O) groups is 2. The molecule has 1 aliphatic heterocycles. The lowest BCUT2D eigenvalue weighted by Crippen LogP contribution is -2.41. The fraction of sp³-hybridized carbons (Fsp3) is 0.238. The van der Waals surface area contributed by atoms with Gasteiger partial charge in [-0.05, 0) is 19.1 Å². The predicted octanol–water partition coefficient (Wildman–Crippen LogP) is 2.96. The first-order chi connectivity index (χ1) is 12.5. The molecule has 2 aromatic carbocycles. The number of ketones is 1. The van der Waals surface area contributed by atoms with Gasteiger partial charge in [-0.3, -0.25) is 9.59 Å². The topological polar surface area (TPSA) is 66.8 Å². The first-order valence-corrected chi connectivity index (χ1v) is 8.42. The Bertz CT molecular complexity index is 861. The van der Waals surface area contributed by atoms with Crippen molar-refractivity contribution in [3.63, 3.8) is 0 Å². The van der Waals surface area contributed by atoms with Crippen LogP contribution in [0, 0.1) is 0 Å². The van der Waals surface area contributed by atoms with E-state index in [1.54, 1.807) is 30.3 Å². The summed E-state index contributed by atoms with van der Waals surface area (Å²) in [6.07, 6.45) is 1.41. The Balaban J connectivity index is 1.98. The summed E-state index contributed by atoms with van der Waals surface area (Å²) in [5.41, 5.74) is 0.0633. The zero-order valence-corrected chi connectivity index (χ0v) is 14.6. The summed E-state index contributed by atoms with van der Waals surface area (Å²) in [4.78, 5) is 26.2. The Hall–Kier alpha value is -2.92. The molecule has 0 bridgehead atoms. The lowest BCUT2D eigenvalue weighted by molar-refractivity contribution is -0.141. The Labute approximate surface area is 152 Å². The van der Waals surface area contributed by atoms with E-state index in [4.69, 9.17) is 4.74 Å². The summed E-state index contributed by atoms with van der Waals surface area (Å²) in [7, 11) is 0. The van der Waals surface area contributed by atoms with E-state index in [-0.39, 0.29) is 18.7 Å². The van der Waals surface area contributed by atoms with Gasteiger partial charge >= 0.3 is 0 Å². The van der Waals surface area contributed by atoms with Crippen LogP contribution in [0.4, 0.5) is 5.69 Å². The molecule has 0 saturated heterocycles. The van der Waals surface area contributed by atoms with Crippen molar-refractivity contribution in [1.29, 1.82) is 0 Å². The Morgan fingerprint density at radius 2 is 1.92 bits per heavy atom. The molecule has 5 nitrogen and oxygen atoms in total. The predicted molar refractivity (Wildman–Crippen MR) is 99.0 cm³/mol. The molecule has 1 atom stereocenters. The first kappa shape index (κ1) is 17.9. The van der Waals surface area contributed by atoms with Crippen LogP contribution in [-0.4, -0.2) is 23.4 Å². The number of rotatable bonds is 7. The summed E-state index contributed by atoms with van der Waals surface area (Å²) in [5.74, 6) is -0.0840. The molecule has 0 spiro atoms. The minimum atomic E-state index is -1.82. The fourth-order valence-electron chi connectivity index (χ4n) is 3.29. The average Bonchev–Trinajstić information content (AvgIpc) is 2.82. The first-order valence-electron chi connectivity index (χ1n) is 8.42. The maximum atomic E-state index is 13.0. The van der Waals surface area contributed by atoms with Crippen LogP contribution in [0.25, 0.3) is 0 Å². The molecule has 0 saturated carbocycles. The van der Waals surface area contributed by atoms with Crippen LogP contribution in [0.2, 0.25) is 0 Å². The number of nitrogens with zero attached hydrogens (tertiary/aromatic N) is 1. The van der Waals surface area contributed by atoms with E-state index >= 15 is 0 Å². The van der Waals surface area contributed by atoms with Gasteiger partial charge in [0.1, 0.15) is 18.1 Å². The zero-order valence-electron chi connectivity index (χ0n) is 14.6. The van der Waals surface area contributed by atoms with E-state index in [1.807, 2.05) is 24.3 Å². The van der Waals surface area contributed by atoms with Crippen LogP contribution in [-0.2, 0) is 21.7 Å². The van der Waals surface area contributed by atoms with Crippen molar-refractivity contribution in [2.24, 2.45) is 0 Å². The molecule has 1 aliphatic rings. The third-order valence-electron chi connectivity index (χ3n) is 4.40. The molecule has 0 aliphatic carbocycles. The number of aliphatic hydroxyl groups is 1. The highest BCUT2D eigenvalue weighted by Gasteiger charge is 2.50. The standard InChI is InChI=1S/C21H21NO4/c1-3-12-26-19-11-7-4-8-16(19)14-22-18-10-6-5-9-17(18)21(25,20(22)24)13-15(2)23/h3-11,25H,1,12-14H2,2H3/t21-/m1/s1. The molecule has 0 unspecified atom stereocenters. The number of hydrogen-bond donors (Lipinski definition) is 1. The lowest BCUT2D eigenvalue weighted by atomic mass is 9.90. The third-order valence-corrected chi connectivity index (χ3v) is 4.40. The highest BCUT2D eigenvalue weighted by atomic mass is 16.5. The quantitative estimate of drug-likeness (QED) is 0.779. The second-order valence-electron chi connectivity index (χ2n) is 6.35. The number of anilines is 1. The van der Waals surface area contributed by atoms with Gasteiger partial charge in [0.25, 0.3) is 5.91 Å². The van der Waals surface area contributed by atoms with E-state index in [9.17, 15) is 14.7 Å². The van der Waals surface area contributed by atoms with E-state index in [0.29, 0.717) is 23.6 Å². The highest BCUT2D eigenvalue weighted by Crippen LogP contribution is 2.43. The molecule has 0 radical (unpaired) electrons. The zero-order chi connectivity index (χ0) is 18.7. The number of benzene rings is 2. The van der Waals surface area contributed by atoms with Crippen LogP contribution >= 0.6 is 0 Å². The molecule has 26 heavy (non-hydrogen) atoms.